The molecule has 0 atom stereocenters. The Morgan fingerprint density at radius 1 is 1.08 bits per heavy atom. The number of hydrogen-bond acceptors (Lipinski definition) is 7. The van der Waals surface area contributed by atoms with Crippen LogP contribution in [0, 0.1) is 0 Å². The number of H-pyrrole nitrogens is 1. The molecule has 1 aliphatic rings. The van der Waals surface area contributed by atoms with Crippen LogP contribution in [0.3, 0.4) is 0 Å². The van der Waals surface area contributed by atoms with Crippen LogP contribution in [-0.4, -0.2) is 22.2 Å². The second kappa shape index (κ2) is 10.8. The van der Waals surface area contributed by atoms with E-state index in [0.29, 0.717) is 29.5 Å². The molecule has 36 heavy (non-hydrogen) atoms. The molecule has 4 aromatic rings. The lowest BCUT2D eigenvalue weighted by atomic mass is 9.70. The van der Waals surface area contributed by atoms with Crippen molar-refractivity contribution in [1.29, 1.82) is 0 Å². The summed E-state index contributed by atoms with van der Waals surface area (Å²) in [6.45, 7) is 0.745. The summed E-state index contributed by atoms with van der Waals surface area (Å²) in [6.07, 6.45) is 5.66. The van der Waals surface area contributed by atoms with Gasteiger partial charge in [-0.05, 0) is 48.7 Å². The highest BCUT2D eigenvalue weighted by Crippen LogP contribution is 2.47. The van der Waals surface area contributed by atoms with Gasteiger partial charge >= 0.3 is 5.76 Å². The first-order valence-corrected chi connectivity index (χ1v) is 13.3. The van der Waals surface area contributed by atoms with Gasteiger partial charge in [0.05, 0.1) is 22.2 Å². The van der Waals surface area contributed by atoms with Gasteiger partial charge in [-0.15, -0.1) is 11.3 Å². The SMILES string of the molecule is COCc1nc(C2(c3ccc(Cl)cc3)CCCCC2)sc1COc1ccc(-c2noc(=O)[nH]2)c(Cl)c1. The average molecular weight is 546 g/mol. The molecule has 2 aromatic heterocycles. The lowest BCUT2D eigenvalue weighted by Gasteiger charge is -2.36. The van der Waals surface area contributed by atoms with Crippen molar-refractivity contribution in [3.63, 3.8) is 0 Å². The molecule has 188 valence electrons. The van der Waals surface area contributed by atoms with Gasteiger partial charge in [-0.3, -0.25) is 9.51 Å². The fourth-order valence-electron chi connectivity index (χ4n) is 4.77. The number of ether oxygens (including phenoxy) is 2. The van der Waals surface area contributed by atoms with Gasteiger partial charge in [0.1, 0.15) is 17.4 Å². The first kappa shape index (κ1) is 25.0. The van der Waals surface area contributed by atoms with Crippen molar-refractivity contribution in [2.24, 2.45) is 0 Å². The van der Waals surface area contributed by atoms with Crippen molar-refractivity contribution in [2.45, 2.75) is 50.7 Å². The molecule has 0 radical (unpaired) electrons. The molecule has 0 unspecified atom stereocenters. The van der Waals surface area contributed by atoms with Crippen LogP contribution >= 0.6 is 34.5 Å². The lowest BCUT2D eigenvalue weighted by Crippen LogP contribution is -2.30. The highest BCUT2D eigenvalue weighted by molar-refractivity contribution is 7.12. The van der Waals surface area contributed by atoms with E-state index >= 15 is 0 Å². The summed E-state index contributed by atoms with van der Waals surface area (Å²) >= 11 is 14.3. The molecule has 0 aliphatic heterocycles. The zero-order valence-electron chi connectivity index (χ0n) is 19.7. The summed E-state index contributed by atoms with van der Waals surface area (Å²) in [5.74, 6) is 0.228. The van der Waals surface area contributed by atoms with Gasteiger partial charge in [0.15, 0.2) is 5.82 Å². The van der Waals surface area contributed by atoms with Crippen molar-refractivity contribution in [1.82, 2.24) is 15.1 Å². The normalized spacial score (nSPS) is 15.2. The smallest absolute Gasteiger partial charge is 0.439 e. The van der Waals surface area contributed by atoms with Gasteiger partial charge in [0, 0.05) is 23.1 Å². The molecular weight excluding hydrogens is 521 g/mol. The standard InChI is InChI=1S/C26H25Cl2N3O4S/c1-33-14-21-22(15-34-18-9-10-19(20(28)13-18)23-30-25(32)35-31-23)36-24(29-21)26(11-3-2-4-12-26)16-5-7-17(27)8-6-16/h5-10,13H,2-4,11-12,14-15H2,1H3,(H,30,31,32). The number of aromatic nitrogens is 3. The highest BCUT2D eigenvalue weighted by atomic mass is 35.5. The molecule has 5 rings (SSSR count). The van der Waals surface area contributed by atoms with Crippen LogP contribution in [0.1, 0.15) is 53.2 Å². The molecule has 1 aliphatic carbocycles. The van der Waals surface area contributed by atoms with Crippen molar-refractivity contribution in [2.75, 3.05) is 7.11 Å². The maximum Gasteiger partial charge on any atom is 0.439 e. The Hall–Kier alpha value is -2.65. The van der Waals surface area contributed by atoms with Crippen molar-refractivity contribution in [3.05, 3.63) is 84.2 Å². The average Bonchev–Trinajstić information content (AvgIpc) is 3.50. The van der Waals surface area contributed by atoms with E-state index in [1.807, 2.05) is 12.1 Å². The lowest BCUT2D eigenvalue weighted by molar-refractivity contribution is 0.179. The van der Waals surface area contributed by atoms with E-state index in [1.54, 1.807) is 36.6 Å². The predicted octanol–water partition coefficient (Wildman–Crippen LogP) is 6.77. The van der Waals surface area contributed by atoms with Crippen molar-refractivity contribution < 1.29 is 14.0 Å². The maximum absolute atomic E-state index is 11.3. The van der Waals surface area contributed by atoms with Gasteiger partial charge in [-0.1, -0.05) is 59.8 Å². The molecule has 1 N–H and O–H groups in total. The number of nitrogens with zero attached hydrogens (tertiary/aromatic N) is 2. The Balaban J connectivity index is 1.42. The molecule has 2 aromatic carbocycles. The van der Waals surface area contributed by atoms with Crippen LogP contribution in [0.25, 0.3) is 11.4 Å². The van der Waals surface area contributed by atoms with Gasteiger partial charge < -0.3 is 9.47 Å². The molecule has 1 fully saturated rings. The Labute approximate surface area is 222 Å². The molecule has 1 saturated carbocycles. The van der Waals surface area contributed by atoms with Gasteiger partial charge in [0.25, 0.3) is 0 Å². The highest BCUT2D eigenvalue weighted by Gasteiger charge is 2.39. The van der Waals surface area contributed by atoms with Gasteiger partial charge in [-0.25, -0.2) is 9.78 Å². The molecule has 0 saturated heterocycles. The maximum atomic E-state index is 11.3. The van der Waals surface area contributed by atoms with Gasteiger partial charge in [-0.2, -0.15) is 0 Å². The molecule has 0 amide bonds. The molecular formula is C26H25Cl2N3O4S. The second-order valence-corrected chi connectivity index (χ2v) is 10.8. The number of hydrogen-bond donors (Lipinski definition) is 1. The quantitative estimate of drug-likeness (QED) is 0.262. The summed E-state index contributed by atoms with van der Waals surface area (Å²) < 4.78 is 16.1. The minimum Gasteiger partial charge on any atom is -0.488 e. The third-order valence-electron chi connectivity index (χ3n) is 6.58. The summed E-state index contributed by atoms with van der Waals surface area (Å²) in [5.41, 5.74) is 2.56. The fourth-order valence-corrected chi connectivity index (χ4v) is 6.41. The third-order valence-corrected chi connectivity index (χ3v) is 8.42. The molecule has 0 bridgehead atoms. The molecule has 7 nitrogen and oxygen atoms in total. The van der Waals surface area contributed by atoms with Gasteiger partial charge in [0.2, 0.25) is 0 Å². The first-order chi connectivity index (χ1) is 17.5. The second-order valence-electron chi connectivity index (χ2n) is 8.85. The van der Waals surface area contributed by atoms with Crippen LogP contribution in [0.2, 0.25) is 10.0 Å². The summed E-state index contributed by atoms with van der Waals surface area (Å²) in [6, 6.07) is 13.4. The Bertz CT molecular complexity index is 1390. The predicted molar refractivity (Wildman–Crippen MR) is 140 cm³/mol. The number of thiazole rings is 1. The third kappa shape index (κ3) is 5.09. The number of rotatable bonds is 8. The minimum atomic E-state index is -0.637. The number of nitrogens with one attached hydrogen (secondary N) is 1. The zero-order chi connectivity index (χ0) is 25.1. The number of benzene rings is 2. The van der Waals surface area contributed by atoms with E-state index < -0.39 is 5.76 Å². The Kier molecular flexibility index (Phi) is 7.48. The number of methoxy groups -OCH3 is 1. The van der Waals surface area contributed by atoms with Crippen LogP contribution in [0.4, 0.5) is 0 Å². The Morgan fingerprint density at radius 3 is 2.53 bits per heavy atom. The zero-order valence-corrected chi connectivity index (χ0v) is 22.0. The van der Waals surface area contributed by atoms with Crippen molar-refractivity contribution in [3.8, 4) is 17.1 Å². The van der Waals surface area contributed by atoms with E-state index in [9.17, 15) is 4.79 Å². The topological polar surface area (TPSA) is 90.2 Å². The largest absolute Gasteiger partial charge is 0.488 e. The summed E-state index contributed by atoms with van der Waals surface area (Å²) in [4.78, 5) is 19.9. The minimum absolute atomic E-state index is 0.131. The Morgan fingerprint density at radius 2 is 1.86 bits per heavy atom. The van der Waals surface area contributed by atoms with E-state index in [2.05, 4.69) is 26.8 Å². The van der Waals surface area contributed by atoms with E-state index in [-0.39, 0.29) is 11.2 Å². The van der Waals surface area contributed by atoms with Crippen LogP contribution in [0.15, 0.2) is 51.8 Å². The van der Waals surface area contributed by atoms with Crippen molar-refractivity contribution >= 4 is 34.5 Å². The number of aromatic amines is 1. The monoisotopic (exact) mass is 545 g/mol. The van der Waals surface area contributed by atoms with E-state index in [1.165, 1.54) is 12.0 Å². The van der Waals surface area contributed by atoms with E-state index in [0.717, 1.165) is 46.3 Å². The molecule has 2 heterocycles. The summed E-state index contributed by atoms with van der Waals surface area (Å²) in [7, 11) is 1.67. The number of halogens is 2. The fraction of sp³-hybridized carbons (Fsp3) is 0.346. The molecule has 10 heteroatoms. The van der Waals surface area contributed by atoms with Crippen LogP contribution in [0.5, 0.6) is 5.75 Å². The van der Waals surface area contributed by atoms with E-state index in [4.69, 9.17) is 37.7 Å². The molecule has 0 spiro atoms. The van der Waals surface area contributed by atoms with Crippen LogP contribution < -0.4 is 10.5 Å². The van der Waals surface area contributed by atoms with Crippen LogP contribution in [-0.2, 0) is 23.4 Å². The first-order valence-electron chi connectivity index (χ1n) is 11.7. The summed E-state index contributed by atoms with van der Waals surface area (Å²) in [5, 5.41) is 5.91.